The average Bonchev–Trinajstić information content (AvgIpc) is 2.08. The zero-order valence-electron chi connectivity index (χ0n) is 12.0. The van der Waals surface area contributed by atoms with Crippen LogP contribution in [0, 0.1) is 0 Å². The first-order chi connectivity index (χ1) is 7.97. The van der Waals surface area contributed by atoms with Crippen LogP contribution in [0.2, 0.25) is 0 Å². The maximum Gasteiger partial charge on any atom is 0.411 e. The summed E-state index contributed by atoms with van der Waals surface area (Å²) in [5, 5.41) is 9.20. The SMILES string of the molecule is C=C(C)C(C(=O)O)N(C(=O)OC(C)(C)C)C(C)C. The third-order valence-electron chi connectivity index (χ3n) is 2.14. The van der Waals surface area contributed by atoms with Crippen LogP contribution in [0.4, 0.5) is 4.79 Å². The van der Waals surface area contributed by atoms with Gasteiger partial charge in [0.25, 0.3) is 0 Å². The number of carbonyl (C=O) groups excluding carboxylic acids is 1. The third kappa shape index (κ3) is 4.77. The van der Waals surface area contributed by atoms with Gasteiger partial charge < -0.3 is 9.84 Å². The fraction of sp³-hybridized carbons (Fsp3) is 0.692. The molecule has 0 aromatic rings. The van der Waals surface area contributed by atoms with Crippen LogP contribution in [0.5, 0.6) is 0 Å². The van der Waals surface area contributed by atoms with Crippen molar-refractivity contribution in [3.05, 3.63) is 12.2 Å². The number of hydrogen-bond acceptors (Lipinski definition) is 3. The molecule has 0 bridgehead atoms. The molecule has 1 unspecified atom stereocenters. The summed E-state index contributed by atoms with van der Waals surface area (Å²) >= 11 is 0. The first-order valence-corrected chi connectivity index (χ1v) is 5.87. The summed E-state index contributed by atoms with van der Waals surface area (Å²) in [6, 6.07) is -1.36. The molecule has 0 saturated heterocycles. The highest BCUT2D eigenvalue weighted by Crippen LogP contribution is 2.18. The summed E-state index contributed by atoms with van der Waals surface area (Å²) in [6.45, 7) is 13.9. The molecule has 104 valence electrons. The van der Waals surface area contributed by atoms with E-state index in [1.165, 1.54) is 4.90 Å². The van der Waals surface area contributed by atoms with Gasteiger partial charge >= 0.3 is 12.1 Å². The van der Waals surface area contributed by atoms with Gasteiger partial charge in [-0.05, 0) is 47.1 Å². The zero-order chi connectivity index (χ0) is 14.7. The minimum atomic E-state index is -1.11. The standard InChI is InChI=1S/C13H23NO4/c1-8(2)10(11(15)16)14(9(3)4)12(17)18-13(5,6)7/h9-10H,1H2,2-7H3,(H,15,16). The van der Waals surface area contributed by atoms with Gasteiger partial charge in [-0.1, -0.05) is 6.58 Å². The van der Waals surface area contributed by atoms with Gasteiger partial charge in [0.05, 0.1) is 0 Å². The van der Waals surface area contributed by atoms with Crippen LogP contribution < -0.4 is 0 Å². The minimum Gasteiger partial charge on any atom is -0.479 e. The smallest absolute Gasteiger partial charge is 0.411 e. The second-order valence-corrected chi connectivity index (χ2v) is 5.57. The van der Waals surface area contributed by atoms with Gasteiger partial charge in [-0.15, -0.1) is 0 Å². The van der Waals surface area contributed by atoms with E-state index in [0.717, 1.165) is 0 Å². The molecule has 0 rings (SSSR count). The van der Waals surface area contributed by atoms with Crippen molar-refractivity contribution in [2.75, 3.05) is 0 Å². The second-order valence-electron chi connectivity index (χ2n) is 5.57. The zero-order valence-corrected chi connectivity index (χ0v) is 12.0. The molecular formula is C13H23NO4. The molecule has 0 aliphatic heterocycles. The molecule has 0 radical (unpaired) electrons. The highest BCUT2D eigenvalue weighted by Gasteiger charge is 2.35. The molecular weight excluding hydrogens is 234 g/mol. The first kappa shape index (κ1) is 16.5. The number of hydrogen-bond donors (Lipinski definition) is 1. The minimum absolute atomic E-state index is 0.294. The van der Waals surface area contributed by atoms with E-state index >= 15 is 0 Å². The Labute approximate surface area is 108 Å². The van der Waals surface area contributed by atoms with E-state index in [-0.39, 0.29) is 6.04 Å². The molecule has 1 N–H and O–H groups in total. The summed E-state index contributed by atoms with van der Waals surface area (Å²) < 4.78 is 5.22. The second kappa shape index (κ2) is 5.89. The highest BCUT2D eigenvalue weighted by molar-refractivity contribution is 5.83. The lowest BCUT2D eigenvalue weighted by atomic mass is 10.1. The Kier molecular flexibility index (Phi) is 5.39. The number of ether oxygens (including phenoxy) is 1. The Morgan fingerprint density at radius 3 is 1.94 bits per heavy atom. The Hall–Kier alpha value is -1.52. The molecule has 0 fully saturated rings. The number of carboxylic acid groups (broad SMARTS) is 1. The van der Waals surface area contributed by atoms with E-state index in [1.807, 2.05) is 0 Å². The molecule has 5 heteroatoms. The van der Waals surface area contributed by atoms with E-state index in [2.05, 4.69) is 6.58 Å². The van der Waals surface area contributed by atoms with Gasteiger partial charge in [-0.2, -0.15) is 0 Å². The molecule has 1 atom stereocenters. The summed E-state index contributed by atoms with van der Waals surface area (Å²) in [6.07, 6.45) is -0.645. The molecule has 1 amide bonds. The normalized spacial score (nSPS) is 13.1. The maximum absolute atomic E-state index is 12.0. The Bertz CT molecular complexity index is 327. The van der Waals surface area contributed by atoms with Crippen molar-refractivity contribution >= 4 is 12.1 Å². The fourth-order valence-corrected chi connectivity index (χ4v) is 1.50. The largest absolute Gasteiger partial charge is 0.479 e. The Morgan fingerprint density at radius 2 is 1.72 bits per heavy atom. The third-order valence-corrected chi connectivity index (χ3v) is 2.14. The van der Waals surface area contributed by atoms with Crippen molar-refractivity contribution in [3.8, 4) is 0 Å². The van der Waals surface area contributed by atoms with Crippen LogP contribution >= 0.6 is 0 Å². The number of carboxylic acids is 1. The van der Waals surface area contributed by atoms with Crippen molar-refractivity contribution in [2.45, 2.75) is 59.2 Å². The van der Waals surface area contributed by atoms with Crippen LogP contribution in [0.25, 0.3) is 0 Å². The number of rotatable bonds is 4. The predicted molar refractivity (Wildman–Crippen MR) is 69.4 cm³/mol. The van der Waals surface area contributed by atoms with Gasteiger partial charge in [-0.3, -0.25) is 4.90 Å². The van der Waals surface area contributed by atoms with Crippen molar-refractivity contribution in [2.24, 2.45) is 0 Å². The lowest BCUT2D eigenvalue weighted by molar-refractivity contribution is -0.142. The summed E-state index contributed by atoms with van der Waals surface area (Å²) in [5.74, 6) is -1.11. The van der Waals surface area contributed by atoms with Gasteiger partial charge in [0.2, 0.25) is 0 Å². The summed E-state index contributed by atoms with van der Waals surface area (Å²) in [4.78, 5) is 24.5. The summed E-state index contributed by atoms with van der Waals surface area (Å²) in [5.41, 5.74) is -0.274. The van der Waals surface area contributed by atoms with E-state index in [0.29, 0.717) is 5.57 Å². The maximum atomic E-state index is 12.0. The Morgan fingerprint density at radius 1 is 1.28 bits per heavy atom. The molecule has 0 saturated carbocycles. The van der Waals surface area contributed by atoms with E-state index < -0.39 is 23.7 Å². The molecule has 0 aliphatic rings. The first-order valence-electron chi connectivity index (χ1n) is 5.87. The van der Waals surface area contributed by atoms with Gasteiger partial charge in [0, 0.05) is 6.04 Å². The number of carbonyl (C=O) groups is 2. The molecule has 0 heterocycles. The lowest BCUT2D eigenvalue weighted by Crippen LogP contribution is -2.51. The predicted octanol–water partition coefficient (Wildman–Crippen LogP) is 2.66. The quantitative estimate of drug-likeness (QED) is 0.786. The average molecular weight is 257 g/mol. The lowest BCUT2D eigenvalue weighted by Gasteiger charge is -2.34. The Balaban J connectivity index is 5.24. The van der Waals surface area contributed by atoms with Crippen molar-refractivity contribution < 1.29 is 19.4 Å². The van der Waals surface area contributed by atoms with E-state index in [4.69, 9.17) is 4.74 Å². The van der Waals surface area contributed by atoms with E-state index in [9.17, 15) is 14.7 Å². The topological polar surface area (TPSA) is 66.8 Å². The van der Waals surface area contributed by atoms with Crippen molar-refractivity contribution in [1.29, 1.82) is 0 Å². The van der Waals surface area contributed by atoms with Gasteiger partial charge in [0.15, 0.2) is 6.04 Å². The van der Waals surface area contributed by atoms with E-state index in [1.54, 1.807) is 41.5 Å². The van der Waals surface area contributed by atoms with Crippen LogP contribution in [-0.2, 0) is 9.53 Å². The number of aliphatic carboxylic acids is 1. The van der Waals surface area contributed by atoms with Gasteiger partial charge in [0.1, 0.15) is 5.60 Å². The molecule has 5 nitrogen and oxygen atoms in total. The van der Waals surface area contributed by atoms with Crippen molar-refractivity contribution in [3.63, 3.8) is 0 Å². The fourth-order valence-electron chi connectivity index (χ4n) is 1.50. The van der Waals surface area contributed by atoms with Crippen LogP contribution in [-0.4, -0.2) is 39.8 Å². The molecule has 0 aromatic carbocycles. The monoisotopic (exact) mass is 257 g/mol. The van der Waals surface area contributed by atoms with Crippen molar-refractivity contribution in [1.82, 2.24) is 4.90 Å². The molecule has 18 heavy (non-hydrogen) atoms. The highest BCUT2D eigenvalue weighted by atomic mass is 16.6. The molecule has 0 spiro atoms. The summed E-state index contributed by atoms with van der Waals surface area (Å²) in [7, 11) is 0. The molecule has 0 aromatic heterocycles. The molecule has 0 aliphatic carbocycles. The van der Waals surface area contributed by atoms with Crippen LogP contribution in [0.3, 0.4) is 0 Å². The number of nitrogens with zero attached hydrogens (tertiary/aromatic N) is 1. The number of amides is 1. The van der Waals surface area contributed by atoms with Gasteiger partial charge in [-0.25, -0.2) is 9.59 Å². The van der Waals surface area contributed by atoms with Crippen LogP contribution in [0.15, 0.2) is 12.2 Å². The van der Waals surface area contributed by atoms with Crippen LogP contribution in [0.1, 0.15) is 41.5 Å².